The minimum Gasteiger partial charge on any atom is -0.493 e. The van der Waals surface area contributed by atoms with E-state index in [0.29, 0.717) is 48.0 Å². The highest BCUT2D eigenvalue weighted by atomic mass is 35.5. The SMILES string of the molecule is COc1cc2ncnc(Nc3ccc(F)c(Cl)c3)c2cc1OCCCN1C[C@@H]2C(O)CCC(O)[C@@H]2C1. The van der Waals surface area contributed by atoms with Gasteiger partial charge in [-0.3, -0.25) is 0 Å². The van der Waals surface area contributed by atoms with Gasteiger partial charge in [-0.25, -0.2) is 14.4 Å². The maximum absolute atomic E-state index is 13.5. The molecule has 0 amide bonds. The summed E-state index contributed by atoms with van der Waals surface area (Å²) in [7, 11) is 1.58. The summed E-state index contributed by atoms with van der Waals surface area (Å²) in [5.41, 5.74) is 1.27. The summed E-state index contributed by atoms with van der Waals surface area (Å²) in [6.45, 7) is 2.91. The summed E-state index contributed by atoms with van der Waals surface area (Å²) in [4.78, 5) is 11.0. The third-order valence-electron chi connectivity index (χ3n) is 7.21. The zero-order valence-corrected chi connectivity index (χ0v) is 20.8. The van der Waals surface area contributed by atoms with Crippen molar-refractivity contribution in [3.63, 3.8) is 0 Å². The molecular weight excluding hydrogens is 487 g/mol. The van der Waals surface area contributed by atoms with Gasteiger partial charge < -0.3 is 29.9 Å². The smallest absolute Gasteiger partial charge is 0.162 e. The zero-order chi connectivity index (χ0) is 25.2. The number of rotatable bonds is 8. The van der Waals surface area contributed by atoms with Crippen LogP contribution in [0.15, 0.2) is 36.7 Å². The van der Waals surface area contributed by atoms with E-state index < -0.39 is 5.82 Å². The lowest BCUT2D eigenvalue weighted by atomic mass is 9.78. The summed E-state index contributed by atoms with van der Waals surface area (Å²) in [5.74, 6) is 1.48. The van der Waals surface area contributed by atoms with Crippen molar-refractivity contribution in [3.8, 4) is 11.5 Å². The minimum atomic E-state index is -0.491. The topological polar surface area (TPSA) is 100.0 Å². The van der Waals surface area contributed by atoms with Crippen LogP contribution in [0.4, 0.5) is 15.9 Å². The van der Waals surface area contributed by atoms with Crippen LogP contribution in [0.2, 0.25) is 5.02 Å². The maximum Gasteiger partial charge on any atom is 0.162 e. The van der Waals surface area contributed by atoms with Crippen molar-refractivity contribution in [2.45, 2.75) is 31.5 Å². The number of aliphatic hydroxyl groups is 2. The molecule has 5 rings (SSSR count). The lowest BCUT2D eigenvalue weighted by Gasteiger charge is -2.33. The molecule has 36 heavy (non-hydrogen) atoms. The van der Waals surface area contributed by atoms with Gasteiger partial charge in [-0.2, -0.15) is 0 Å². The van der Waals surface area contributed by atoms with Crippen molar-refractivity contribution >= 4 is 34.0 Å². The van der Waals surface area contributed by atoms with Gasteiger partial charge in [0, 0.05) is 48.6 Å². The van der Waals surface area contributed by atoms with E-state index in [1.54, 1.807) is 19.2 Å². The molecule has 1 saturated heterocycles. The van der Waals surface area contributed by atoms with Gasteiger partial charge in [0.05, 0.1) is 36.5 Å². The normalized spacial score (nSPS) is 24.0. The third-order valence-corrected chi connectivity index (χ3v) is 7.50. The second-order valence-corrected chi connectivity index (χ2v) is 9.90. The molecule has 0 spiro atoms. The number of fused-ring (bicyclic) bond motifs is 2. The lowest BCUT2D eigenvalue weighted by Crippen LogP contribution is -2.39. The summed E-state index contributed by atoms with van der Waals surface area (Å²) >= 11 is 5.92. The lowest BCUT2D eigenvalue weighted by molar-refractivity contribution is -0.0207. The Bertz CT molecular complexity index is 1210. The van der Waals surface area contributed by atoms with Gasteiger partial charge >= 0.3 is 0 Å². The Balaban J connectivity index is 1.25. The largest absolute Gasteiger partial charge is 0.493 e. The number of anilines is 2. The first-order valence-electron chi connectivity index (χ1n) is 12.2. The molecule has 1 aliphatic carbocycles. The fourth-order valence-corrected chi connectivity index (χ4v) is 5.51. The number of halogens is 2. The van der Waals surface area contributed by atoms with Crippen LogP contribution in [0, 0.1) is 17.7 Å². The first kappa shape index (κ1) is 25.0. The Labute approximate surface area is 214 Å². The molecule has 3 aromatic rings. The third kappa shape index (κ3) is 5.20. The van der Waals surface area contributed by atoms with E-state index in [-0.39, 0.29) is 29.1 Å². The van der Waals surface area contributed by atoms with Gasteiger partial charge in [-0.05, 0) is 43.5 Å². The summed E-state index contributed by atoms with van der Waals surface area (Å²) in [6.07, 6.45) is 2.94. The average molecular weight is 517 g/mol. The number of likely N-dealkylation sites (tertiary alicyclic amines) is 1. The van der Waals surface area contributed by atoms with E-state index in [9.17, 15) is 14.6 Å². The van der Waals surface area contributed by atoms with E-state index >= 15 is 0 Å². The summed E-state index contributed by atoms with van der Waals surface area (Å²) in [5, 5.41) is 24.5. The number of nitrogens with zero attached hydrogens (tertiary/aromatic N) is 3. The molecule has 2 heterocycles. The summed E-state index contributed by atoms with van der Waals surface area (Å²) in [6, 6.07) is 8.00. The number of aromatic nitrogens is 2. The van der Waals surface area contributed by atoms with Crippen LogP contribution in [-0.2, 0) is 0 Å². The van der Waals surface area contributed by atoms with Crippen molar-refractivity contribution < 1.29 is 24.1 Å². The van der Waals surface area contributed by atoms with E-state index in [2.05, 4.69) is 20.2 Å². The number of methoxy groups -OCH3 is 1. The molecule has 10 heteroatoms. The Morgan fingerprint density at radius 3 is 2.53 bits per heavy atom. The second-order valence-electron chi connectivity index (χ2n) is 9.50. The number of ether oxygens (including phenoxy) is 2. The number of hydrogen-bond acceptors (Lipinski definition) is 8. The number of nitrogens with one attached hydrogen (secondary N) is 1. The fourth-order valence-electron chi connectivity index (χ4n) is 5.32. The predicted octanol–water partition coefficient (Wildman–Crippen LogP) is 4.01. The molecule has 0 bridgehead atoms. The maximum atomic E-state index is 13.5. The fraction of sp³-hybridized carbons (Fsp3) is 0.462. The van der Waals surface area contributed by atoms with E-state index in [1.165, 1.54) is 18.5 Å². The molecule has 8 nitrogen and oxygen atoms in total. The highest BCUT2D eigenvalue weighted by Gasteiger charge is 2.43. The number of hydrogen-bond donors (Lipinski definition) is 3. The van der Waals surface area contributed by atoms with Gasteiger partial charge in [0.2, 0.25) is 0 Å². The van der Waals surface area contributed by atoms with Gasteiger partial charge in [-0.15, -0.1) is 0 Å². The van der Waals surface area contributed by atoms with Gasteiger partial charge in [0.25, 0.3) is 0 Å². The van der Waals surface area contributed by atoms with Crippen LogP contribution in [0.25, 0.3) is 10.9 Å². The van der Waals surface area contributed by atoms with Crippen molar-refractivity contribution in [1.82, 2.24) is 14.9 Å². The molecular formula is C26H30ClFN4O4. The molecule has 3 N–H and O–H groups in total. The Hall–Kier alpha value is -2.72. The highest BCUT2D eigenvalue weighted by molar-refractivity contribution is 6.31. The van der Waals surface area contributed by atoms with Crippen molar-refractivity contribution in [2.24, 2.45) is 11.8 Å². The molecule has 192 valence electrons. The molecule has 1 aromatic heterocycles. The van der Waals surface area contributed by atoms with E-state index in [1.807, 2.05) is 6.07 Å². The Morgan fingerprint density at radius 2 is 1.83 bits per heavy atom. The summed E-state index contributed by atoms with van der Waals surface area (Å²) < 4.78 is 25.2. The van der Waals surface area contributed by atoms with Crippen molar-refractivity contribution in [2.75, 3.05) is 38.7 Å². The molecule has 2 aromatic carbocycles. The molecule has 0 radical (unpaired) electrons. The minimum absolute atomic E-state index is 0.0188. The van der Waals surface area contributed by atoms with Crippen molar-refractivity contribution in [3.05, 3.63) is 47.5 Å². The molecule has 4 atom stereocenters. The highest BCUT2D eigenvalue weighted by Crippen LogP contribution is 2.37. The molecule has 2 fully saturated rings. The van der Waals surface area contributed by atoms with Crippen LogP contribution in [0.1, 0.15) is 19.3 Å². The Morgan fingerprint density at radius 1 is 1.08 bits per heavy atom. The number of benzene rings is 2. The zero-order valence-electron chi connectivity index (χ0n) is 20.0. The predicted molar refractivity (Wildman–Crippen MR) is 136 cm³/mol. The molecule has 1 aliphatic heterocycles. The first-order valence-corrected chi connectivity index (χ1v) is 12.6. The van der Waals surface area contributed by atoms with Gasteiger partial charge in [0.15, 0.2) is 11.5 Å². The van der Waals surface area contributed by atoms with Crippen LogP contribution < -0.4 is 14.8 Å². The van der Waals surface area contributed by atoms with Gasteiger partial charge in [-0.1, -0.05) is 11.6 Å². The Kier molecular flexibility index (Phi) is 7.43. The molecule has 2 aliphatic rings. The quantitative estimate of drug-likeness (QED) is 0.386. The molecule has 2 unspecified atom stereocenters. The van der Waals surface area contributed by atoms with Crippen LogP contribution >= 0.6 is 11.6 Å². The average Bonchev–Trinajstić information content (AvgIpc) is 3.32. The van der Waals surface area contributed by atoms with Crippen LogP contribution in [0.5, 0.6) is 11.5 Å². The second kappa shape index (κ2) is 10.7. The van der Waals surface area contributed by atoms with Crippen LogP contribution in [-0.4, -0.2) is 70.6 Å². The number of aliphatic hydroxyl groups excluding tert-OH is 2. The van der Waals surface area contributed by atoms with Crippen molar-refractivity contribution in [1.29, 1.82) is 0 Å². The monoisotopic (exact) mass is 516 g/mol. The van der Waals surface area contributed by atoms with E-state index in [0.717, 1.165) is 31.4 Å². The van der Waals surface area contributed by atoms with Gasteiger partial charge in [0.1, 0.15) is 18.0 Å². The van der Waals surface area contributed by atoms with E-state index in [4.69, 9.17) is 21.1 Å². The van der Waals surface area contributed by atoms with Crippen LogP contribution in [0.3, 0.4) is 0 Å². The molecule has 1 saturated carbocycles. The standard InChI is InChI=1S/C26H30ClFN4O4/c1-35-24-11-21-16(26(30-14-29-21)31-15-3-4-20(28)19(27)9-15)10-25(24)36-8-2-7-32-12-17-18(13-32)23(34)6-5-22(17)33/h3-4,9-11,14,17-18,22-23,33-34H,2,5-8,12-13H2,1H3,(H,29,30,31)/t17-,18+,22?,23?. The first-order chi connectivity index (χ1) is 17.4.